The molecule has 0 aliphatic carbocycles. The van der Waals surface area contributed by atoms with Crippen LogP contribution in [0.25, 0.3) is 0 Å². The molecule has 8 heteroatoms. The molecule has 0 heterocycles. The minimum atomic E-state index is -3.96. The molecule has 1 aromatic carbocycles. The molecule has 0 aliphatic heterocycles. The van der Waals surface area contributed by atoms with Gasteiger partial charge in [0.2, 0.25) is 0 Å². The molecule has 1 N–H and O–H groups in total. The normalized spacial score (nSPS) is 11.3. The first kappa shape index (κ1) is 14.6. The Labute approximate surface area is 113 Å². The van der Waals surface area contributed by atoms with Gasteiger partial charge in [-0.1, -0.05) is 23.2 Å². The van der Waals surface area contributed by atoms with Crippen molar-refractivity contribution in [3.8, 4) is 0 Å². The maximum absolute atomic E-state index is 11.6. The van der Waals surface area contributed by atoms with Crippen LogP contribution < -0.4 is 5.32 Å². The number of carbonyl (C=O) groups excluding carboxylic acids is 1. The number of halogens is 3. The third-order valence-electron chi connectivity index (χ3n) is 1.87. The largest absolute Gasteiger partial charge is 0.352 e. The Bertz CT molecular complexity index is 557. The number of carbonyl (C=O) groups is 1. The Morgan fingerprint density at radius 1 is 1.35 bits per heavy atom. The van der Waals surface area contributed by atoms with Gasteiger partial charge >= 0.3 is 0 Å². The Balaban J connectivity index is 3.40. The number of nitrogens with one attached hydrogen (secondary N) is 1. The van der Waals surface area contributed by atoms with E-state index in [1.807, 2.05) is 0 Å². The molecule has 0 aromatic heterocycles. The molecule has 1 rings (SSSR count). The zero-order valence-electron chi connectivity index (χ0n) is 8.63. The van der Waals surface area contributed by atoms with E-state index < -0.39 is 15.0 Å². The van der Waals surface area contributed by atoms with Crippen LogP contribution in [0.4, 0.5) is 0 Å². The van der Waals surface area contributed by atoms with E-state index in [2.05, 4.69) is 5.32 Å². The Hall–Kier alpha value is -0.490. The third kappa shape index (κ3) is 3.48. The average Bonchev–Trinajstić information content (AvgIpc) is 2.20. The monoisotopic (exact) mass is 315 g/mol. The van der Waals surface area contributed by atoms with Gasteiger partial charge < -0.3 is 5.32 Å². The molecule has 0 aliphatic rings. The lowest BCUT2D eigenvalue weighted by Crippen LogP contribution is -2.23. The second-order valence-corrected chi connectivity index (χ2v) is 6.42. The minimum absolute atomic E-state index is 0.0123. The molecule has 0 unspecified atom stereocenters. The molecule has 1 amide bonds. The molecule has 1 aromatic rings. The lowest BCUT2D eigenvalue weighted by atomic mass is 10.2. The molecule has 17 heavy (non-hydrogen) atoms. The second-order valence-electron chi connectivity index (χ2n) is 3.06. The summed E-state index contributed by atoms with van der Waals surface area (Å²) in [5.41, 5.74) is -0.0276. The summed E-state index contributed by atoms with van der Waals surface area (Å²) in [5, 5.41) is 2.43. The summed E-state index contributed by atoms with van der Waals surface area (Å²) in [6, 6.07) is 2.18. The van der Waals surface area contributed by atoms with Crippen molar-refractivity contribution in [1.29, 1.82) is 0 Å². The zero-order chi connectivity index (χ0) is 13.2. The van der Waals surface area contributed by atoms with Crippen molar-refractivity contribution in [2.45, 2.75) is 11.8 Å². The Morgan fingerprint density at radius 3 is 2.41 bits per heavy atom. The first-order valence-corrected chi connectivity index (χ1v) is 7.55. The maximum Gasteiger partial charge on any atom is 0.261 e. The van der Waals surface area contributed by atoms with Crippen molar-refractivity contribution in [3.63, 3.8) is 0 Å². The molecule has 0 saturated heterocycles. The van der Waals surface area contributed by atoms with Crippen LogP contribution in [0.2, 0.25) is 10.0 Å². The number of amides is 1. The number of benzene rings is 1. The van der Waals surface area contributed by atoms with Crippen LogP contribution in [0.5, 0.6) is 0 Å². The lowest BCUT2D eigenvalue weighted by molar-refractivity contribution is 0.0956. The van der Waals surface area contributed by atoms with Gasteiger partial charge in [0.05, 0.1) is 20.5 Å². The molecule has 4 nitrogen and oxygen atoms in total. The molecule has 0 atom stereocenters. The van der Waals surface area contributed by atoms with E-state index in [9.17, 15) is 13.2 Å². The molecule has 0 spiro atoms. The number of hydrogen-bond acceptors (Lipinski definition) is 3. The summed E-state index contributed by atoms with van der Waals surface area (Å²) in [6.45, 7) is 2.10. The lowest BCUT2D eigenvalue weighted by Gasteiger charge is -2.07. The van der Waals surface area contributed by atoms with Gasteiger partial charge in [-0.3, -0.25) is 4.79 Å². The standard InChI is InChI=1S/C9H8Cl3NO3S/c1-2-13-9(14)6-3-5(17(12,15)16)4-7(10)8(6)11/h3-4H,2H2,1H3,(H,13,14). The topological polar surface area (TPSA) is 63.2 Å². The molecular formula is C9H8Cl3NO3S. The maximum atomic E-state index is 11.6. The average molecular weight is 317 g/mol. The van der Waals surface area contributed by atoms with Crippen LogP contribution >= 0.6 is 33.9 Å². The predicted octanol–water partition coefficient (Wildman–Crippen LogP) is 2.67. The summed E-state index contributed by atoms with van der Waals surface area (Å²) in [7, 11) is 1.21. The fourth-order valence-electron chi connectivity index (χ4n) is 1.13. The van der Waals surface area contributed by atoms with E-state index in [0.717, 1.165) is 12.1 Å². The summed E-state index contributed by atoms with van der Waals surface area (Å²) in [4.78, 5) is 11.3. The third-order valence-corrected chi connectivity index (χ3v) is 4.00. The van der Waals surface area contributed by atoms with Crippen LogP contribution in [0, 0.1) is 0 Å². The summed E-state index contributed by atoms with van der Waals surface area (Å²) >= 11 is 11.5. The van der Waals surface area contributed by atoms with Crippen molar-refractivity contribution in [2.24, 2.45) is 0 Å². The van der Waals surface area contributed by atoms with Crippen molar-refractivity contribution in [2.75, 3.05) is 6.54 Å². The van der Waals surface area contributed by atoms with Crippen molar-refractivity contribution < 1.29 is 13.2 Å². The van der Waals surface area contributed by atoms with Gasteiger partial charge in [0.25, 0.3) is 15.0 Å². The van der Waals surface area contributed by atoms with E-state index in [1.54, 1.807) is 6.92 Å². The highest BCUT2D eigenvalue weighted by atomic mass is 35.7. The first-order chi connectivity index (χ1) is 7.77. The van der Waals surface area contributed by atoms with E-state index in [-0.39, 0.29) is 20.5 Å². The van der Waals surface area contributed by atoms with Crippen molar-refractivity contribution in [1.82, 2.24) is 5.32 Å². The van der Waals surface area contributed by atoms with Crippen LogP contribution in [0.1, 0.15) is 17.3 Å². The van der Waals surface area contributed by atoms with Gasteiger partial charge in [0.1, 0.15) is 0 Å². The summed E-state index contributed by atoms with van der Waals surface area (Å²) in [6.07, 6.45) is 0. The van der Waals surface area contributed by atoms with Crippen molar-refractivity contribution >= 4 is 48.8 Å². The fraction of sp³-hybridized carbons (Fsp3) is 0.222. The van der Waals surface area contributed by atoms with Crippen molar-refractivity contribution in [3.05, 3.63) is 27.7 Å². The molecule has 0 fully saturated rings. The van der Waals surface area contributed by atoms with E-state index in [4.69, 9.17) is 33.9 Å². The molecule has 0 saturated carbocycles. The summed E-state index contributed by atoms with van der Waals surface area (Å²) in [5.74, 6) is -0.512. The van der Waals surface area contributed by atoms with Crippen LogP contribution in [-0.2, 0) is 9.05 Å². The predicted molar refractivity (Wildman–Crippen MR) is 67.5 cm³/mol. The minimum Gasteiger partial charge on any atom is -0.352 e. The Morgan fingerprint density at radius 2 is 1.94 bits per heavy atom. The quantitative estimate of drug-likeness (QED) is 0.872. The molecule has 0 radical (unpaired) electrons. The van der Waals surface area contributed by atoms with Gasteiger partial charge in [-0.25, -0.2) is 8.42 Å². The van der Waals surface area contributed by atoms with Gasteiger partial charge in [-0.15, -0.1) is 0 Å². The van der Waals surface area contributed by atoms with Crippen LogP contribution in [0.15, 0.2) is 17.0 Å². The first-order valence-electron chi connectivity index (χ1n) is 4.49. The summed E-state index contributed by atoms with van der Waals surface area (Å²) < 4.78 is 22.3. The van der Waals surface area contributed by atoms with Crippen LogP contribution in [-0.4, -0.2) is 20.9 Å². The SMILES string of the molecule is CCNC(=O)c1cc(S(=O)(=O)Cl)cc(Cl)c1Cl. The van der Waals surface area contributed by atoms with Gasteiger partial charge in [-0.05, 0) is 19.1 Å². The molecular weight excluding hydrogens is 309 g/mol. The number of hydrogen-bond donors (Lipinski definition) is 1. The fourth-order valence-corrected chi connectivity index (χ4v) is 2.39. The van der Waals surface area contributed by atoms with E-state index in [1.165, 1.54) is 0 Å². The highest BCUT2D eigenvalue weighted by molar-refractivity contribution is 8.13. The van der Waals surface area contributed by atoms with Crippen LogP contribution in [0.3, 0.4) is 0 Å². The molecule has 0 bridgehead atoms. The smallest absolute Gasteiger partial charge is 0.261 e. The van der Waals surface area contributed by atoms with Gasteiger partial charge in [0.15, 0.2) is 0 Å². The highest BCUT2D eigenvalue weighted by Gasteiger charge is 2.19. The van der Waals surface area contributed by atoms with E-state index >= 15 is 0 Å². The zero-order valence-corrected chi connectivity index (χ0v) is 11.7. The molecule has 94 valence electrons. The van der Waals surface area contributed by atoms with Gasteiger partial charge in [-0.2, -0.15) is 0 Å². The van der Waals surface area contributed by atoms with E-state index in [0.29, 0.717) is 6.54 Å². The highest BCUT2D eigenvalue weighted by Crippen LogP contribution is 2.30. The Kier molecular flexibility index (Phi) is 4.66. The second kappa shape index (κ2) is 5.44. The van der Waals surface area contributed by atoms with Gasteiger partial charge in [0, 0.05) is 17.2 Å². The number of rotatable bonds is 3.